The third kappa shape index (κ3) is 4.11. The minimum Gasteiger partial charge on any atom is -0.492 e. The number of halogens is 1. The van der Waals surface area contributed by atoms with Gasteiger partial charge in [-0.25, -0.2) is 4.79 Å². The Morgan fingerprint density at radius 3 is 2.64 bits per heavy atom. The van der Waals surface area contributed by atoms with Crippen molar-refractivity contribution in [3.05, 3.63) is 29.0 Å². The number of hydrogen-bond acceptors (Lipinski definition) is 3. The van der Waals surface area contributed by atoms with Crippen LogP contribution in [-0.4, -0.2) is 40.9 Å². The zero-order valence-electron chi connectivity index (χ0n) is 15.2. The van der Waals surface area contributed by atoms with Crippen molar-refractivity contribution in [2.24, 2.45) is 5.92 Å². The lowest BCUT2D eigenvalue weighted by Crippen LogP contribution is -2.52. The van der Waals surface area contributed by atoms with Gasteiger partial charge in [0.1, 0.15) is 11.4 Å². The fourth-order valence-electron chi connectivity index (χ4n) is 3.07. The maximum absolute atomic E-state index is 12.0. The molecule has 0 unspecified atom stereocenters. The highest BCUT2D eigenvalue weighted by Gasteiger charge is 2.33. The Labute approximate surface area is 157 Å². The number of carbonyl (C=O) groups is 1. The summed E-state index contributed by atoms with van der Waals surface area (Å²) in [5.41, 5.74) is -0.441. The van der Waals surface area contributed by atoms with E-state index < -0.39 is 5.60 Å². The van der Waals surface area contributed by atoms with Crippen LogP contribution >= 0.6 is 15.9 Å². The van der Waals surface area contributed by atoms with E-state index in [2.05, 4.69) is 39.0 Å². The Morgan fingerprint density at radius 2 is 2.00 bits per heavy atom. The van der Waals surface area contributed by atoms with Crippen molar-refractivity contribution in [1.82, 2.24) is 9.47 Å². The largest absolute Gasteiger partial charge is 0.492 e. The van der Waals surface area contributed by atoms with Crippen LogP contribution in [0.25, 0.3) is 10.8 Å². The fraction of sp³-hybridized carbons (Fsp3) is 0.526. The van der Waals surface area contributed by atoms with Crippen LogP contribution in [0.2, 0.25) is 0 Å². The summed E-state index contributed by atoms with van der Waals surface area (Å²) in [6, 6.07) is 4.11. The van der Waals surface area contributed by atoms with Gasteiger partial charge >= 0.3 is 6.09 Å². The molecule has 25 heavy (non-hydrogen) atoms. The van der Waals surface area contributed by atoms with E-state index in [4.69, 9.17) is 9.47 Å². The molecule has 0 N–H and O–H groups in total. The Hall–Kier alpha value is -1.69. The molecule has 1 amide bonds. The van der Waals surface area contributed by atoms with Crippen LogP contribution in [0, 0.1) is 5.92 Å². The molecule has 0 spiro atoms. The number of amides is 1. The van der Waals surface area contributed by atoms with E-state index in [1.54, 1.807) is 4.90 Å². The van der Waals surface area contributed by atoms with Gasteiger partial charge in [-0.1, -0.05) is 6.07 Å². The van der Waals surface area contributed by atoms with Crippen molar-refractivity contribution in [3.63, 3.8) is 0 Å². The van der Waals surface area contributed by atoms with Gasteiger partial charge in [0.05, 0.1) is 11.1 Å². The van der Waals surface area contributed by atoms with Gasteiger partial charge < -0.3 is 18.9 Å². The first-order valence-electron chi connectivity index (χ1n) is 8.65. The maximum Gasteiger partial charge on any atom is 0.410 e. The zero-order valence-corrected chi connectivity index (χ0v) is 16.8. The van der Waals surface area contributed by atoms with Gasteiger partial charge in [0.15, 0.2) is 0 Å². The molecule has 1 aliphatic heterocycles. The first-order chi connectivity index (χ1) is 11.8. The van der Waals surface area contributed by atoms with Gasteiger partial charge in [0.2, 0.25) is 0 Å². The molecule has 5 nitrogen and oxygen atoms in total. The molecule has 1 aromatic carbocycles. The van der Waals surface area contributed by atoms with E-state index in [1.165, 1.54) is 0 Å². The number of hydrogen-bond donors (Lipinski definition) is 0. The summed E-state index contributed by atoms with van der Waals surface area (Å²) in [6.07, 6.45) is 4.05. The van der Waals surface area contributed by atoms with E-state index in [1.807, 2.05) is 33.8 Å². The van der Waals surface area contributed by atoms with Gasteiger partial charge in [-0.3, -0.25) is 0 Å². The van der Waals surface area contributed by atoms with Gasteiger partial charge in [-0.2, -0.15) is 0 Å². The topological polar surface area (TPSA) is 43.7 Å². The summed E-state index contributed by atoms with van der Waals surface area (Å²) in [6.45, 7) is 10.7. The highest BCUT2D eigenvalue weighted by molar-refractivity contribution is 9.10. The molecular formula is C19H25BrN2O3. The van der Waals surface area contributed by atoms with E-state index >= 15 is 0 Å². The third-order valence-corrected chi connectivity index (χ3v) is 4.77. The molecule has 0 bridgehead atoms. The van der Waals surface area contributed by atoms with Gasteiger partial charge in [-0.15, -0.1) is 0 Å². The van der Waals surface area contributed by atoms with Crippen LogP contribution in [0.1, 0.15) is 27.7 Å². The smallest absolute Gasteiger partial charge is 0.410 e. The number of aromatic nitrogens is 1. The Morgan fingerprint density at radius 1 is 1.28 bits per heavy atom. The number of ether oxygens (including phenoxy) is 2. The number of benzene rings is 1. The van der Waals surface area contributed by atoms with Crippen LogP contribution in [0.4, 0.5) is 4.79 Å². The Balaban J connectivity index is 1.63. The minimum absolute atomic E-state index is 0.219. The molecule has 1 aromatic heterocycles. The molecule has 3 rings (SSSR count). The van der Waals surface area contributed by atoms with Crippen molar-refractivity contribution in [1.29, 1.82) is 0 Å². The van der Waals surface area contributed by atoms with Crippen LogP contribution in [0.15, 0.2) is 29.0 Å². The first kappa shape index (κ1) is 18.1. The van der Waals surface area contributed by atoms with Crippen molar-refractivity contribution in [2.45, 2.75) is 39.8 Å². The van der Waals surface area contributed by atoms with Gasteiger partial charge in [0, 0.05) is 48.7 Å². The van der Waals surface area contributed by atoms with E-state index in [-0.39, 0.29) is 6.09 Å². The first-order valence-corrected chi connectivity index (χ1v) is 9.45. The van der Waals surface area contributed by atoms with Crippen LogP contribution in [0.3, 0.4) is 0 Å². The maximum atomic E-state index is 12.0. The van der Waals surface area contributed by atoms with Gasteiger partial charge in [-0.05, 0) is 49.7 Å². The van der Waals surface area contributed by atoms with Crippen molar-refractivity contribution >= 4 is 32.8 Å². The predicted molar refractivity (Wildman–Crippen MR) is 102 cm³/mol. The lowest BCUT2D eigenvalue weighted by molar-refractivity contribution is -0.00331. The van der Waals surface area contributed by atoms with E-state index in [9.17, 15) is 4.79 Å². The molecule has 1 aliphatic rings. The Kier molecular flexibility index (Phi) is 5.00. The zero-order chi connectivity index (χ0) is 18.2. The number of rotatable bonds is 4. The van der Waals surface area contributed by atoms with E-state index in [0.29, 0.717) is 12.5 Å². The number of nitrogens with zero attached hydrogens (tertiary/aromatic N) is 2. The lowest BCUT2D eigenvalue weighted by Gasteiger charge is -2.39. The van der Waals surface area contributed by atoms with Gasteiger partial charge in [0.25, 0.3) is 0 Å². The SMILES string of the molecule is CCOc1c(Br)ccc2cn(CC3CN(C(=O)OC(C)(C)C)C3)cc12. The second-order valence-corrected chi connectivity index (χ2v) is 8.37. The average Bonchev–Trinajstić information content (AvgIpc) is 2.86. The summed E-state index contributed by atoms with van der Waals surface area (Å²) in [7, 11) is 0. The summed E-state index contributed by atoms with van der Waals surface area (Å²) in [4.78, 5) is 13.8. The third-order valence-electron chi connectivity index (χ3n) is 4.15. The molecule has 1 fully saturated rings. The van der Waals surface area contributed by atoms with Crippen molar-refractivity contribution < 1.29 is 14.3 Å². The second kappa shape index (κ2) is 6.90. The number of likely N-dealkylation sites (tertiary alicyclic amines) is 1. The highest BCUT2D eigenvalue weighted by atomic mass is 79.9. The Bertz CT molecular complexity index is 773. The van der Waals surface area contributed by atoms with Crippen LogP contribution in [0.5, 0.6) is 5.75 Å². The number of fused-ring (bicyclic) bond motifs is 1. The molecule has 0 radical (unpaired) electrons. The predicted octanol–water partition coefficient (Wildman–Crippen LogP) is 4.67. The van der Waals surface area contributed by atoms with Crippen LogP contribution in [-0.2, 0) is 11.3 Å². The van der Waals surface area contributed by atoms with Crippen LogP contribution < -0.4 is 4.74 Å². The van der Waals surface area contributed by atoms with Crippen molar-refractivity contribution in [2.75, 3.05) is 19.7 Å². The lowest BCUT2D eigenvalue weighted by atomic mass is 10.0. The molecule has 6 heteroatoms. The standard InChI is InChI=1S/C19H25BrN2O3/c1-5-24-17-15-12-21(11-14(15)6-7-16(17)20)8-13-9-22(10-13)18(23)25-19(2,3)4/h6-7,11-13H,5,8-10H2,1-4H3. The molecule has 2 aromatic rings. The molecule has 0 saturated carbocycles. The summed E-state index contributed by atoms with van der Waals surface area (Å²) >= 11 is 3.56. The molecule has 0 atom stereocenters. The molecule has 0 aliphatic carbocycles. The number of carbonyl (C=O) groups excluding carboxylic acids is 1. The monoisotopic (exact) mass is 408 g/mol. The summed E-state index contributed by atoms with van der Waals surface area (Å²) < 4.78 is 14.3. The minimum atomic E-state index is -0.441. The fourth-order valence-corrected chi connectivity index (χ4v) is 3.53. The normalized spacial score (nSPS) is 15.3. The summed E-state index contributed by atoms with van der Waals surface area (Å²) in [5, 5.41) is 2.27. The summed E-state index contributed by atoms with van der Waals surface area (Å²) in [5.74, 6) is 1.34. The molecule has 1 saturated heterocycles. The quantitative estimate of drug-likeness (QED) is 0.737. The molecule has 2 heterocycles. The molecule has 136 valence electrons. The highest BCUT2D eigenvalue weighted by Crippen LogP contribution is 2.35. The molecular weight excluding hydrogens is 384 g/mol. The average molecular weight is 409 g/mol. The second-order valence-electron chi connectivity index (χ2n) is 7.52. The van der Waals surface area contributed by atoms with Crippen molar-refractivity contribution in [3.8, 4) is 5.75 Å². The van der Waals surface area contributed by atoms with E-state index in [0.717, 1.165) is 40.6 Å².